The van der Waals surface area contributed by atoms with Gasteiger partial charge in [0.2, 0.25) is 0 Å². The number of thiazole rings is 1. The third-order valence-corrected chi connectivity index (χ3v) is 6.40. The maximum Gasteiger partial charge on any atom is 0.417 e. The molecule has 3 rings (SSSR count). The van der Waals surface area contributed by atoms with E-state index >= 15 is 0 Å². The summed E-state index contributed by atoms with van der Waals surface area (Å²) in [5.41, 5.74) is -0.338. The average molecular weight is 376 g/mol. The predicted octanol–water partition coefficient (Wildman–Crippen LogP) is 4.23. The Balaban J connectivity index is 1.93. The maximum absolute atomic E-state index is 13.0. The van der Waals surface area contributed by atoms with Gasteiger partial charge < -0.3 is 0 Å². The quantitative estimate of drug-likeness (QED) is 0.816. The number of benzene rings is 1. The summed E-state index contributed by atoms with van der Waals surface area (Å²) in [7, 11) is -4.36. The Morgan fingerprint density at radius 2 is 1.79 bits per heavy atom. The zero-order valence-electron chi connectivity index (χ0n) is 12.6. The van der Waals surface area contributed by atoms with E-state index in [2.05, 4.69) is 9.71 Å². The summed E-state index contributed by atoms with van der Waals surface area (Å²) in [5, 5.41) is 0.124. The molecule has 0 aliphatic heterocycles. The van der Waals surface area contributed by atoms with Crippen LogP contribution in [0, 0.1) is 0 Å². The molecule has 2 aromatic rings. The van der Waals surface area contributed by atoms with Crippen molar-refractivity contribution in [2.24, 2.45) is 0 Å². The largest absolute Gasteiger partial charge is 0.417 e. The number of aromatic nitrogens is 1. The highest BCUT2D eigenvalue weighted by Gasteiger charge is 2.37. The first-order valence-electron chi connectivity index (χ1n) is 7.45. The van der Waals surface area contributed by atoms with Crippen LogP contribution < -0.4 is 4.72 Å². The molecule has 1 aliphatic rings. The van der Waals surface area contributed by atoms with Crippen molar-refractivity contribution in [1.82, 2.24) is 4.98 Å². The summed E-state index contributed by atoms with van der Waals surface area (Å²) >= 11 is 1.20. The lowest BCUT2D eigenvalue weighted by atomic mass is 10.2. The normalized spacial score (nSPS) is 15.6. The van der Waals surface area contributed by atoms with Crippen molar-refractivity contribution in [3.63, 3.8) is 0 Å². The first-order chi connectivity index (χ1) is 11.3. The Bertz CT molecular complexity index is 821. The molecule has 1 heterocycles. The third kappa shape index (κ3) is 3.56. The summed E-state index contributed by atoms with van der Waals surface area (Å²) in [6.07, 6.45) is -0.0485. The van der Waals surface area contributed by atoms with Gasteiger partial charge in [0.05, 0.1) is 16.2 Å². The van der Waals surface area contributed by atoms with E-state index in [1.165, 1.54) is 17.4 Å². The van der Waals surface area contributed by atoms with Gasteiger partial charge in [0.1, 0.15) is 0 Å². The highest BCUT2D eigenvalue weighted by Crippen LogP contribution is 2.35. The van der Waals surface area contributed by atoms with E-state index in [0.717, 1.165) is 60.9 Å². The standard InChI is InChI=1S/C15H15F3N2O2S2/c16-15(17,18)10-6-4-5-9-13(10)24(21,22)20-14-19-11-7-2-1-3-8-12(11)23-14/h4-6,9H,1-3,7-8H2,(H,19,20). The number of rotatable bonds is 3. The van der Waals surface area contributed by atoms with Gasteiger partial charge in [-0.05, 0) is 37.8 Å². The van der Waals surface area contributed by atoms with Crippen molar-refractivity contribution in [2.75, 3.05) is 4.72 Å². The van der Waals surface area contributed by atoms with E-state index < -0.39 is 26.7 Å². The monoisotopic (exact) mass is 376 g/mol. The minimum Gasteiger partial charge on any atom is -0.255 e. The van der Waals surface area contributed by atoms with Gasteiger partial charge in [-0.1, -0.05) is 18.6 Å². The molecule has 24 heavy (non-hydrogen) atoms. The second kappa shape index (κ2) is 6.36. The van der Waals surface area contributed by atoms with Crippen LogP contribution in [0.5, 0.6) is 0 Å². The summed E-state index contributed by atoms with van der Waals surface area (Å²) < 4.78 is 66.1. The molecular formula is C15H15F3N2O2S2. The number of sulfonamides is 1. The van der Waals surface area contributed by atoms with Gasteiger partial charge in [-0.25, -0.2) is 13.4 Å². The molecule has 9 heteroatoms. The zero-order valence-corrected chi connectivity index (χ0v) is 14.2. The van der Waals surface area contributed by atoms with Crippen LogP contribution >= 0.6 is 11.3 Å². The number of nitrogens with one attached hydrogen (secondary N) is 1. The molecule has 1 N–H and O–H groups in total. The molecular weight excluding hydrogens is 361 g/mol. The predicted molar refractivity (Wildman–Crippen MR) is 85.6 cm³/mol. The van der Waals surface area contributed by atoms with Crippen LogP contribution in [-0.2, 0) is 29.0 Å². The third-order valence-electron chi connectivity index (χ3n) is 3.80. The summed E-state index contributed by atoms with van der Waals surface area (Å²) in [6, 6.07) is 4.13. The number of halogens is 3. The minimum atomic E-state index is -4.74. The number of anilines is 1. The first kappa shape index (κ1) is 17.2. The molecule has 0 atom stereocenters. The molecule has 1 aromatic heterocycles. The Labute approximate surface area is 141 Å². The number of aryl methyl sites for hydroxylation is 2. The smallest absolute Gasteiger partial charge is 0.255 e. The molecule has 0 saturated carbocycles. The highest BCUT2D eigenvalue weighted by molar-refractivity contribution is 7.93. The molecule has 130 valence electrons. The fourth-order valence-corrected chi connectivity index (χ4v) is 5.19. The van der Waals surface area contributed by atoms with Gasteiger partial charge in [0, 0.05) is 4.88 Å². The van der Waals surface area contributed by atoms with E-state index in [4.69, 9.17) is 0 Å². The van der Waals surface area contributed by atoms with Gasteiger partial charge >= 0.3 is 6.18 Å². The summed E-state index contributed by atoms with van der Waals surface area (Å²) in [5.74, 6) is 0. The van der Waals surface area contributed by atoms with Crippen molar-refractivity contribution in [1.29, 1.82) is 0 Å². The van der Waals surface area contributed by atoms with Gasteiger partial charge in [-0.3, -0.25) is 4.72 Å². The van der Waals surface area contributed by atoms with Gasteiger partial charge in [-0.15, -0.1) is 11.3 Å². The van der Waals surface area contributed by atoms with Crippen LogP contribution in [0.15, 0.2) is 29.2 Å². The van der Waals surface area contributed by atoms with E-state index in [9.17, 15) is 21.6 Å². The zero-order chi connectivity index (χ0) is 17.4. The van der Waals surface area contributed by atoms with Crippen LogP contribution in [0.3, 0.4) is 0 Å². The highest BCUT2D eigenvalue weighted by atomic mass is 32.2. The Hall–Kier alpha value is -1.61. The lowest BCUT2D eigenvalue weighted by Crippen LogP contribution is -2.18. The number of hydrogen-bond donors (Lipinski definition) is 1. The fourth-order valence-electron chi connectivity index (χ4n) is 2.68. The molecule has 0 saturated heterocycles. The molecule has 4 nitrogen and oxygen atoms in total. The SMILES string of the molecule is O=S(=O)(Nc1nc2c(s1)CCCCC2)c1ccccc1C(F)(F)F. The second-order valence-corrected chi connectivity index (χ2v) is 8.28. The topological polar surface area (TPSA) is 59.1 Å². The van der Waals surface area contributed by atoms with E-state index in [-0.39, 0.29) is 5.13 Å². The van der Waals surface area contributed by atoms with Crippen LogP contribution in [0.25, 0.3) is 0 Å². The fraction of sp³-hybridized carbons (Fsp3) is 0.400. The molecule has 0 unspecified atom stereocenters. The van der Waals surface area contributed by atoms with Gasteiger partial charge in [-0.2, -0.15) is 13.2 Å². The molecule has 1 aromatic carbocycles. The Kier molecular flexibility index (Phi) is 4.56. The van der Waals surface area contributed by atoms with E-state index in [1.807, 2.05) is 0 Å². The number of nitrogens with zero attached hydrogens (tertiary/aromatic N) is 1. The summed E-state index contributed by atoms with van der Waals surface area (Å²) in [6.45, 7) is 0. The molecule has 0 amide bonds. The van der Waals surface area contributed by atoms with E-state index in [1.54, 1.807) is 0 Å². The lowest BCUT2D eigenvalue weighted by molar-refractivity contribution is -0.139. The molecule has 0 radical (unpaired) electrons. The van der Waals surface area contributed by atoms with Crippen molar-refractivity contribution in [3.05, 3.63) is 40.4 Å². The Morgan fingerprint density at radius 1 is 1.08 bits per heavy atom. The van der Waals surface area contributed by atoms with Crippen LogP contribution in [0.2, 0.25) is 0 Å². The van der Waals surface area contributed by atoms with Crippen molar-refractivity contribution in [3.8, 4) is 0 Å². The van der Waals surface area contributed by atoms with Gasteiger partial charge in [0.15, 0.2) is 5.13 Å². The second-order valence-electron chi connectivity index (χ2n) is 5.55. The average Bonchev–Trinajstić information content (AvgIpc) is 2.74. The summed E-state index contributed by atoms with van der Waals surface area (Å²) in [4.78, 5) is 4.48. The van der Waals surface area contributed by atoms with E-state index in [0.29, 0.717) is 0 Å². The number of hydrogen-bond acceptors (Lipinski definition) is 4. The van der Waals surface area contributed by atoms with Crippen molar-refractivity contribution in [2.45, 2.75) is 43.2 Å². The molecule has 0 fully saturated rings. The van der Waals surface area contributed by atoms with Crippen molar-refractivity contribution >= 4 is 26.5 Å². The Morgan fingerprint density at radius 3 is 2.54 bits per heavy atom. The minimum absolute atomic E-state index is 0.124. The van der Waals surface area contributed by atoms with Crippen LogP contribution in [-0.4, -0.2) is 13.4 Å². The van der Waals surface area contributed by atoms with Crippen molar-refractivity contribution < 1.29 is 21.6 Å². The van der Waals surface area contributed by atoms with Crippen LogP contribution in [0.4, 0.5) is 18.3 Å². The van der Waals surface area contributed by atoms with Gasteiger partial charge in [0.25, 0.3) is 10.0 Å². The first-order valence-corrected chi connectivity index (χ1v) is 9.75. The van der Waals surface area contributed by atoms with Crippen LogP contribution in [0.1, 0.15) is 35.4 Å². The molecule has 0 bridgehead atoms. The maximum atomic E-state index is 13.0. The molecule has 1 aliphatic carbocycles. The number of fused-ring (bicyclic) bond motifs is 1. The number of alkyl halides is 3. The lowest BCUT2D eigenvalue weighted by Gasteiger charge is -2.13. The molecule has 0 spiro atoms.